The monoisotopic (exact) mass is 709 g/mol. The Hall–Kier alpha value is -3.09. The van der Waals surface area contributed by atoms with Crippen molar-refractivity contribution < 1.29 is 16.8 Å². The molecule has 0 fully saturated rings. The van der Waals surface area contributed by atoms with Gasteiger partial charge in [0.25, 0.3) is 20.0 Å². The van der Waals surface area contributed by atoms with Crippen molar-refractivity contribution >= 4 is 112 Å². The molecule has 2 N–H and O–H groups in total. The summed E-state index contributed by atoms with van der Waals surface area (Å²) in [6.07, 6.45) is 0. The van der Waals surface area contributed by atoms with Gasteiger partial charge in [0, 0.05) is 36.9 Å². The number of thiocarbonyl (C=S) groups is 1. The van der Waals surface area contributed by atoms with E-state index in [1.165, 1.54) is 30.3 Å². The van der Waals surface area contributed by atoms with Crippen LogP contribution in [-0.2, 0) is 20.0 Å². The molecule has 5 aromatic carbocycles. The summed E-state index contributed by atoms with van der Waals surface area (Å²) in [7, 11) is -9.67. The van der Waals surface area contributed by atoms with Crippen molar-refractivity contribution in [3.63, 3.8) is 0 Å². The summed E-state index contributed by atoms with van der Waals surface area (Å²) in [5, 5.41) is 8.23. The van der Waals surface area contributed by atoms with Gasteiger partial charge in [-0.05, 0) is 78.3 Å². The summed E-state index contributed by atoms with van der Waals surface area (Å²) >= 11 is 29.8. The summed E-state index contributed by atoms with van der Waals surface area (Å²) in [6, 6.07) is 26.2. The molecular formula is C29H19Cl4N3O4S3. The van der Waals surface area contributed by atoms with Crippen LogP contribution in [0.15, 0.2) is 113 Å². The maximum absolute atomic E-state index is 14.0. The largest absolute Gasteiger partial charge is 0.332 e. The highest BCUT2D eigenvalue weighted by Gasteiger charge is 2.38. The van der Waals surface area contributed by atoms with E-state index in [0.717, 1.165) is 40.7 Å². The predicted molar refractivity (Wildman–Crippen MR) is 180 cm³/mol. The Balaban J connectivity index is 1.57. The zero-order chi connectivity index (χ0) is 30.9. The van der Waals surface area contributed by atoms with Crippen molar-refractivity contribution in [3.8, 4) is 0 Å². The number of fused-ring (bicyclic) bond motifs is 1. The Labute approximate surface area is 274 Å². The van der Waals surface area contributed by atoms with E-state index < -0.39 is 29.8 Å². The minimum atomic E-state index is -4.83. The third-order valence-electron chi connectivity index (χ3n) is 6.06. The van der Waals surface area contributed by atoms with Crippen molar-refractivity contribution in [1.82, 2.24) is 0 Å². The Bertz CT molecular complexity index is 1980. The number of rotatable bonds is 7. The van der Waals surface area contributed by atoms with Crippen LogP contribution in [0.4, 0.5) is 17.1 Å². The van der Waals surface area contributed by atoms with Crippen LogP contribution in [0.5, 0.6) is 0 Å². The molecule has 0 radical (unpaired) electrons. The van der Waals surface area contributed by atoms with E-state index in [-0.39, 0.29) is 34.6 Å². The van der Waals surface area contributed by atoms with Gasteiger partial charge in [-0.3, -0.25) is 0 Å². The third kappa shape index (κ3) is 6.86. The van der Waals surface area contributed by atoms with Crippen molar-refractivity contribution in [3.05, 3.63) is 123 Å². The van der Waals surface area contributed by atoms with Crippen molar-refractivity contribution in [2.45, 2.75) is 9.79 Å². The van der Waals surface area contributed by atoms with Gasteiger partial charge in [-0.25, -0.2) is 16.8 Å². The minimum absolute atomic E-state index is 0.00509. The number of nitrogens with one attached hydrogen (secondary N) is 2. The topological polar surface area (TPSA) is 95.6 Å². The second kappa shape index (κ2) is 12.5. The second-order valence-corrected chi connectivity index (χ2v) is 15.0. The molecule has 0 amide bonds. The zero-order valence-electron chi connectivity index (χ0n) is 21.6. The molecule has 7 nitrogen and oxygen atoms in total. The van der Waals surface area contributed by atoms with Gasteiger partial charge in [0.15, 0.2) is 5.11 Å². The van der Waals surface area contributed by atoms with Crippen LogP contribution in [0.3, 0.4) is 0 Å². The van der Waals surface area contributed by atoms with Crippen LogP contribution in [0, 0.1) is 0 Å². The first kappa shape index (κ1) is 31.3. The molecule has 5 aromatic rings. The second-order valence-electron chi connectivity index (χ2n) is 9.07. The van der Waals surface area contributed by atoms with Crippen molar-refractivity contribution in [2.24, 2.45) is 0 Å². The van der Waals surface area contributed by atoms with Crippen LogP contribution >= 0.6 is 58.6 Å². The van der Waals surface area contributed by atoms with Crippen LogP contribution in [0.25, 0.3) is 10.8 Å². The van der Waals surface area contributed by atoms with Gasteiger partial charge in [-0.15, -0.1) is 0 Å². The first-order chi connectivity index (χ1) is 20.3. The summed E-state index contributed by atoms with van der Waals surface area (Å²) < 4.78 is 56.4. The molecule has 0 aromatic heterocycles. The maximum atomic E-state index is 14.0. The van der Waals surface area contributed by atoms with Crippen molar-refractivity contribution in [1.29, 1.82) is 0 Å². The molecule has 0 bridgehead atoms. The first-order valence-electron chi connectivity index (χ1n) is 12.2. The number of anilines is 3. The molecule has 0 saturated carbocycles. The third-order valence-corrected chi connectivity index (χ3v) is 11.3. The van der Waals surface area contributed by atoms with Crippen LogP contribution in [-0.4, -0.2) is 21.9 Å². The SMILES string of the molecule is O=S(=O)(c1cc(Cl)cc(Cl)c1)N(c1cccc(NC(=S)Nc2cccc3ccccc23)c1)S(=O)(=O)c1cc(Cl)cc(Cl)c1. The molecule has 0 aliphatic heterocycles. The highest BCUT2D eigenvalue weighted by Crippen LogP contribution is 2.35. The fourth-order valence-electron chi connectivity index (χ4n) is 4.27. The lowest BCUT2D eigenvalue weighted by Crippen LogP contribution is -2.37. The highest BCUT2D eigenvalue weighted by atomic mass is 35.5. The van der Waals surface area contributed by atoms with Crippen LogP contribution in [0.2, 0.25) is 20.1 Å². The van der Waals surface area contributed by atoms with E-state index in [1.54, 1.807) is 6.07 Å². The summed E-state index contributed by atoms with van der Waals surface area (Å²) in [6.45, 7) is 0. The van der Waals surface area contributed by atoms with Gasteiger partial charge < -0.3 is 10.6 Å². The van der Waals surface area contributed by atoms with E-state index >= 15 is 0 Å². The molecule has 0 atom stereocenters. The van der Waals surface area contributed by atoms with Gasteiger partial charge in [0.2, 0.25) is 0 Å². The number of hydrogen-bond acceptors (Lipinski definition) is 5. The maximum Gasteiger partial charge on any atom is 0.277 e. The molecular weight excluding hydrogens is 692 g/mol. The molecule has 5 rings (SSSR count). The predicted octanol–water partition coefficient (Wildman–Crippen LogP) is 8.85. The average molecular weight is 712 g/mol. The minimum Gasteiger partial charge on any atom is -0.332 e. The molecule has 43 heavy (non-hydrogen) atoms. The first-order valence-corrected chi connectivity index (χ1v) is 17.0. The Morgan fingerprint density at radius 2 is 1.12 bits per heavy atom. The van der Waals surface area contributed by atoms with Crippen LogP contribution < -0.4 is 14.3 Å². The van der Waals surface area contributed by atoms with E-state index in [1.807, 2.05) is 42.5 Å². The Morgan fingerprint density at radius 3 is 1.70 bits per heavy atom. The molecule has 0 aliphatic carbocycles. The van der Waals surface area contributed by atoms with Gasteiger partial charge in [-0.2, -0.15) is 3.71 Å². The fourth-order valence-corrected chi connectivity index (χ4v) is 9.63. The molecule has 0 unspecified atom stereocenters. The number of sulfonamides is 2. The van der Waals surface area contributed by atoms with Gasteiger partial charge in [0.1, 0.15) is 0 Å². The smallest absolute Gasteiger partial charge is 0.277 e. The fraction of sp³-hybridized carbons (Fsp3) is 0. The van der Waals surface area contributed by atoms with E-state index in [9.17, 15) is 16.8 Å². The number of halogens is 4. The molecule has 14 heteroatoms. The molecule has 0 spiro atoms. The van der Waals surface area contributed by atoms with Crippen LogP contribution in [0.1, 0.15) is 0 Å². The summed E-state index contributed by atoms with van der Waals surface area (Å²) in [5.74, 6) is 0. The normalized spacial score (nSPS) is 11.7. The van der Waals surface area contributed by atoms with E-state index in [0.29, 0.717) is 5.69 Å². The molecule has 0 saturated heterocycles. The van der Waals surface area contributed by atoms with Gasteiger partial charge in [0.05, 0.1) is 15.5 Å². The quantitative estimate of drug-likeness (QED) is 0.163. The Kier molecular flexibility index (Phi) is 9.10. The summed E-state index contributed by atoms with van der Waals surface area (Å²) in [4.78, 5) is -0.901. The molecule has 0 aliphatic rings. The van der Waals surface area contributed by atoms with E-state index in [2.05, 4.69) is 10.6 Å². The average Bonchev–Trinajstić information content (AvgIpc) is 2.92. The highest BCUT2D eigenvalue weighted by molar-refractivity contribution is 8.10. The van der Waals surface area contributed by atoms with Gasteiger partial charge >= 0.3 is 0 Å². The number of hydrogen-bond donors (Lipinski definition) is 2. The number of benzene rings is 5. The zero-order valence-corrected chi connectivity index (χ0v) is 27.1. The van der Waals surface area contributed by atoms with Gasteiger partial charge in [-0.1, -0.05) is 88.9 Å². The lowest BCUT2D eigenvalue weighted by Gasteiger charge is -2.25. The molecule has 220 valence electrons. The van der Waals surface area contributed by atoms with E-state index in [4.69, 9.17) is 58.6 Å². The van der Waals surface area contributed by atoms with Crippen molar-refractivity contribution in [2.75, 3.05) is 14.3 Å². The summed E-state index contributed by atoms with van der Waals surface area (Å²) in [5.41, 5.74) is 0.818. The lowest BCUT2D eigenvalue weighted by atomic mass is 10.1. The molecule has 0 heterocycles. The number of nitrogens with zero attached hydrogens (tertiary/aromatic N) is 1. The standard InChI is InChI=1S/C29H19Cl4N3O4S3/c30-19-11-20(31)14-25(13-19)42(37,38)36(43(39,40)26-15-21(32)12-22(33)16-26)24-8-4-7-23(17-24)34-29(41)35-28-10-3-6-18-5-1-2-9-27(18)28/h1-17H,(H2,34,35,41). The Morgan fingerprint density at radius 1 is 0.605 bits per heavy atom. The lowest BCUT2D eigenvalue weighted by molar-refractivity contribution is 0.584.